The highest BCUT2D eigenvalue weighted by Gasteiger charge is 2.24. The van der Waals surface area contributed by atoms with Gasteiger partial charge in [0, 0.05) is 10.5 Å². The van der Waals surface area contributed by atoms with Crippen molar-refractivity contribution in [2.75, 3.05) is 19.0 Å². The molecule has 1 unspecified atom stereocenters. The van der Waals surface area contributed by atoms with Crippen molar-refractivity contribution in [2.24, 2.45) is 5.73 Å². The zero-order chi connectivity index (χ0) is 14.4. The average molecular weight is 331 g/mol. The fraction of sp³-hybridized carbons (Fsp3) is 0.333. The summed E-state index contributed by atoms with van der Waals surface area (Å²) < 4.78 is 10.4. The van der Waals surface area contributed by atoms with Crippen molar-refractivity contribution in [3.8, 4) is 5.75 Å². The van der Waals surface area contributed by atoms with Crippen LogP contribution in [0.15, 0.2) is 22.7 Å². The summed E-state index contributed by atoms with van der Waals surface area (Å²) in [6.07, 6.45) is 0. The molecule has 1 atom stereocenters. The number of benzene rings is 1. The van der Waals surface area contributed by atoms with Gasteiger partial charge < -0.3 is 20.5 Å². The van der Waals surface area contributed by atoms with Gasteiger partial charge >= 0.3 is 5.97 Å². The molecule has 1 amide bonds. The van der Waals surface area contributed by atoms with Gasteiger partial charge in [-0.15, -0.1) is 0 Å². The first kappa shape index (κ1) is 15.5. The second-order valence-electron chi connectivity index (χ2n) is 3.56. The second kappa shape index (κ2) is 7.10. The van der Waals surface area contributed by atoms with Gasteiger partial charge in [0.1, 0.15) is 5.75 Å². The molecule has 0 saturated heterocycles. The van der Waals surface area contributed by atoms with Crippen molar-refractivity contribution in [2.45, 2.75) is 13.0 Å². The number of anilines is 1. The van der Waals surface area contributed by atoms with Crippen LogP contribution in [0.5, 0.6) is 5.75 Å². The SMILES string of the molecule is CCOC(=O)C(N)C(=O)Nc1cc(OC)ccc1Br. The van der Waals surface area contributed by atoms with Gasteiger partial charge in [0.05, 0.1) is 19.4 Å². The summed E-state index contributed by atoms with van der Waals surface area (Å²) in [6, 6.07) is 3.69. The number of ether oxygens (including phenoxy) is 2. The largest absolute Gasteiger partial charge is 0.497 e. The minimum atomic E-state index is -1.36. The number of methoxy groups -OCH3 is 1. The number of carbonyl (C=O) groups is 2. The molecule has 7 heteroatoms. The van der Waals surface area contributed by atoms with Crippen LogP contribution in [0.2, 0.25) is 0 Å². The first-order valence-electron chi connectivity index (χ1n) is 5.56. The van der Waals surface area contributed by atoms with Crippen LogP contribution in [0.25, 0.3) is 0 Å². The third kappa shape index (κ3) is 4.22. The zero-order valence-electron chi connectivity index (χ0n) is 10.6. The molecular weight excluding hydrogens is 316 g/mol. The van der Waals surface area contributed by atoms with E-state index in [0.29, 0.717) is 15.9 Å². The van der Waals surface area contributed by atoms with Crippen molar-refractivity contribution < 1.29 is 19.1 Å². The number of halogens is 1. The fourth-order valence-electron chi connectivity index (χ4n) is 1.28. The molecule has 0 bridgehead atoms. The van der Waals surface area contributed by atoms with Crippen LogP contribution in [-0.4, -0.2) is 31.6 Å². The van der Waals surface area contributed by atoms with E-state index in [1.165, 1.54) is 7.11 Å². The monoisotopic (exact) mass is 330 g/mol. The molecular formula is C12H15BrN2O4. The molecule has 0 aliphatic rings. The summed E-state index contributed by atoms with van der Waals surface area (Å²) >= 11 is 3.28. The fourth-order valence-corrected chi connectivity index (χ4v) is 1.62. The first-order chi connectivity index (χ1) is 8.99. The van der Waals surface area contributed by atoms with Gasteiger partial charge in [0.25, 0.3) is 5.91 Å². The third-order valence-corrected chi connectivity index (χ3v) is 2.95. The Kier molecular flexibility index (Phi) is 5.78. The van der Waals surface area contributed by atoms with Gasteiger partial charge in [-0.1, -0.05) is 0 Å². The molecule has 19 heavy (non-hydrogen) atoms. The Morgan fingerprint density at radius 2 is 2.16 bits per heavy atom. The molecule has 104 valence electrons. The van der Waals surface area contributed by atoms with E-state index in [9.17, 15) is 9.59 Å². The van der Waals surface area contributed by atoms with E-state index in [-0.39, 0.29) is 6.61 Å². The Labute approximate surface area is 119 Å². The molecule has 0 aliphatic carbocycles. The number of nitrogens with two attached hydrogens (primary N) is 1. The normalized spacial score (nSPS) is 11.6. The topological polar surface area (TPSA) is 90.7 Å². The van der Waals surface area contributed by atoms with E-state index in [2.05, 4.69) is 26.0 Å². The molecule has 1 aromatic carbocycles. The molecule has 1 rings (SSSR count). The number of amides is 1. The Bertz CT molecular complexity index is 479. The quantitative estimate of drug-likeness (QED) is 0.627. The molecule has 0 saturated carbocycles. The van der Waals surface area contributed by atoms with E-state index < -0.39 is 17.9 Å². The first-order valence-corrected chi connectivity index (χ1v) is 6.35. The van der Waals surface area contributed by atoms with E-state index in [1.54, 1.807) is 25.1 Å². The summed E-state index contributed by atoms with van der Waals surface area (Å²) in [6.45, 7) is 1.81. The minimum Gasteiger partial charge on any atom is -0.497 e. The van der Waals surface area contributed by atoms with Crippen molar-refractivity contribution in [3.05, 3.63) is 22.7 Å². The summed E-state index contributed by atoms with van der Waals surface area (Å²) in [4.78, 5) is 23.1. The molecule has 0 heterocycles. The van der Waals surface area contributed by atoms with Crippen molar-refractivity contribution in [3.63, 3.8) is 0 Å². The lowest BCUT2D eigenvalue weighted by molar-refractivity contribution is -0.146. The lowest BCUT2D eigenvalue weighted by Gasteiger charge is -2.13. The number of hydrogen-bond acceptors (Lipinski definition) is 5. The number of nitrogens with one attached hydrogen (secondary N) is 1. The molecule has 1 aromatic rings. The number of esters is 1. The van der Waals surface area contributed by atoms with Gasteiger partial charge in [-0.05, 0) is 35.0 Å². The van der Waals surface area contributed by atoms with Crippen LogP contribution in [0, 0.1) is 0 Å². The third-order valence-electron chi connectivity index (χ3n) is 2.25. The lowest BCUT2D eigenvalue weighted by atomic mass is 10.2. The molecule has 0 spiro atoms. The summed E-state index contributed by atoms with van der Waals surface area (Å²) in [5.74, 6) is -0.838. The van der Waals surface area contributed by atoms with Crippen LogP contribution in [0.4, 0.5) is 5.69 Å². The summed E-state index contributed by atoms with van der Waals surface area (Å²) in [5.41, 5.74) is 5.94. The molecule has 0 radical (unpaired) electrons. The predicted octanol–water partition coefficient (Wildman–Crippen LogP) is 1.29. The Balaban J connectivity index is 2.79. The molecule has 0 fully saturated rings. The predicted molar refractivity (Wildman–Crippen MR) is 73.9 cm³/mol. The lowest BCUT2D eigenvalue weighted by Crippen LogP contribution is -2.43. The van der Waals surface area contributed by atoms with Crippen LogP contribution in [0.3, 0.4) is 0 Å². The zero-order valence-corrected chi connectivity index (χ0v) is 12.2. The van der Waals surface area contributed by atoms with Gasteiger partial charge in [-0.25, -0.2) is 4.79 Å². The standard InChI is InChI=1S/C12H15BrN2O4/c1-3-19-12(17)10(14)11(16)15-9-6-7(18-2)4-5-8(9)13/h4-6,10H,3,14H2,1-2H3,(H,15,16). The Morgan fingerprint density at radius 3 is 2.74 bits per heavy atom. The maximum absolute atomic E-state index is 11.8. The van der Waals surface area contributed by atoms with E-state index in [1.807, 2.05) is 0 Å². The minimum absolute atomic E-state index is 0.169. The van der Waals surface area contributed by atoms with E-state index in [4.69, 9.17) is 10.5 Å². The van der Waals surface area contributed by atoms with E-state index in [0.717, 1.165) is 0 Å². The van der Waals surface area contributed by atoms with Gasteiger partial charge in [0.15, 0.2) is 6.04 Å². The Hall–Kier alpha value is -1.60. The number of carbonyl (C=O) groups excluding carboxylic acids is 2. The molecule has 0 aliphatic heterocycles. The average Bonchev–Trinajstić information content (AvgIpc) is 2.40. The molecule has 0 aromatic heterocycles. The highest BCUT2D eigenvalue weighted by Crippen LogP contribution is 2.27. The van der Waals surface area contributed by atoms with E-state index >= 15 is 0 Å². The smallest absolute Gasteiger partial charge is 0.332 e. The summed E-state index contributed by atoms with van der Waals surface area (Å²) in [7, 11) is 1.51. The van der Waals surface area contributed by atoms with Crippen LogP contribution < -0.4 is 15.8 Å². The number of rotatable bonds is 5. The van der Waals surface area contributed by atoms with Gasteiger partial charge in [-0.3, -0.25) is 4.79 Å². The van der Waals surface area contributed by atoms with Crippen LogP contribution >= 0.6 is 15.9 Å². The second-order valence-corrected chi connectivity index (χ2v) is 4.42. The molecule has 6 nitrogen and oxygen atoms in total. The maximum atomic E-state index is 11.8. The maximum Gasteiger partial charge on any atom is 0.332 e. The van der Waals surface area contributed by atoms with Gasteiger partial charge in [0.2, 0.25) is 0 Å². The Morgan fingerprint density at radius 1 is 1.47 bits per heavy atom. The molecule has 3 N–H and O–H groups in total. The summed E-state index contributed by atoms with van der Waals surface area (Å²) in [5, 5.41) is 2.53. The van der Waals surface area contributed by atoms with Crippen LogP contribution in [0.1, 0.15) is 6.92 Å². The number of hydrogen-bond donors (Lipinski definition) is 2. The van der Waals surface area contributed by atoms with Crippen molar-refractivity contribution in [1.29, 1.82) is 0 Å². The van der Waals surface area contributed by atoms with Crippen LogP contribution in [-0.2, 0) is 14.3 Å². The van der Waals surface area contributed by atoms with Crippen molar-refractivity contribution >= 4 is 33.5 Å². The highest BCUT2D eigenvalue weighted by molar-refractivity contribution is 9.10. The highest BCUT2D eigenvalue weighted by atomic mass is 79.9. The van der Waals surface area contributed by atoms with Crippen molar-refractivity contribution in [1.82, 2.24) is 0 Å². The van der Waals surface area contributed by atoms with Gasteiger partial charge in [-0.2, -0.15) is 0 Å².